The molecule has 0 saturated heterocycles. The SMILES string of the molecule is O=S(=O)(O)c1ccc(Cl)cc1.[InH3]. The third-order valence-electron chi connectivity index (χ3n) is 1.11. The molecule has 0 atom stereocenters. The summed E-state index contributed by atoms with van der Waals surface area (Å²) in [6, 6.07) is 5.25. The van der Waals surface area contributed by atoms with Crippen molar-refractivity contribution in [2.75, 3.05) is 0 Å². The average Bonchev–Trinajstić information content (AvgIpc) is 1.86. The standard InChI is InChI=1S/C6H5ClO3S.In.3H/c7-5-1-3-6(4-2-5)11(8,9)10;;;;/h1-4H,(H,8,9,10);;;;. The molecule has 0 bridgehead atoms. The first-order valence-corrected chi connectivity index (χ1v) is 4.55. The average molecular weight is 310 g/mol. The maximum atomic E-state index is 10.5. The second-order valence-corrected chi connectivity index (χ2v) is 3.79. The zero-order valence-electron chi connectivity index (χ0n) is 5.36. The van der Waals surface area contributed by atoms with E-state index in [0.717, 1.165) is 0 Å². The van der Waals surface area contributed by atoms with Crippen LogP contribution in [0.4, 0.5) is 0 Å². The van der Waals surface area contributed by atoms with Gasteiger partial charge in [-0.15, -0.1) is 0 Å². The van der Waals surface area contributed by atoms with Gasteiger partial charge in [-0.3, -0.25) is 4.55 Å². The monoisotopic (exact) mass is 310 g/mol. The fraction of sp³-hybridized carbons (Fsp3) is 0. The molecule has 1 N–H and O–H groups in total. The fourth-order valence-electron chi connectivity index (χ4n) is 0.607. The van der Waals surface area contributed by atoms with Crippen LogP contribution in [-0.2, 0) is 10.1 Å². The Labute approximate surface area is 94.3 Å². The predicted octanol–water partition coefficient (Wildman–Crippen LogP) is 0.403. The second kappa shape index (κ2) is 4.50. The molecule has 0 unspecified atom stereocenters. The first kappa shape index (κ1) is 12.3. The Bertz CT molecular complexity index is 346. The van der Waals surface area contributed by atoms with Crippen molar-refractivity contribution >= 4 is 47.6 Å². The molecule has 6 heteroatoms. The molecule has 0 amide bonds. The van der Waals surface area contributed by atoms with Gasteiger partial charge in [0.05, 0.1) is 4.90 Å². The Hall–Kier alpha value is 0.290. The van der Waals surface area contributed by atoms with Crippen molar-refractivity contribution < 1.29 is 13.0 Å². The van der Waals surface area contributed by atoms with E-state index in [1.807, 2.05) is 0 Å². The van der Waals surface area contributed by atoms with Crippen molar-refractivity contribution in [2.24, 2.45) is 0 Å². The first-order chi connectivity index (χ1) is 5.00. The molecule has 0 aromatic heterocycles. The molecule has 0 saturated carbocycles. The van der Waals surface area contributed by atoms with E-state index in [9.17, 15) is 8.42 Å². The Morgan fingerprint density at radius 1 is 1.17 bits per heavy atom. The third-order valence-corrected chi connectivity index (χ3v) is 2.23. The molecule has 0 spiro atoms. The molecule has 0 aliphatic heterocycles. The van der Waals surface area contributed by atoms with Crippen LogP contribution in [0.3, 0.4) is 0 Å². The van der Waals surface area contributed by atoms with Crippen molar-refractivity contribution in [3.63, 3.8) is 0 Å². The summed E-state index contributed by atoms with van der Waals surface area (Å²) in [6.45, 7) is 0. The number of benzene rings is 1. The molecule has 0 radical (unpaired) electrons. The molecule has 1 rings (SSSR count). The molecule has 3 nitrogen and oxygen atoms in total. The van der Waals surface area contributed by atoms with Gasteiger partial charge in [-0.25, -0.2) is 0 Å². The Balaban J connectivity index is 0.00000121. The number of hydrogen-bond acceptors (Lipinski definition) is 2. The van der Waals surface area contributed by atoms with Crippen molar-refractivity contribution in [3.05, 3.63) is 29.3 Å². The topological polar surface area (TPSA) is 54.4 Å². The summed E-state index contributed by atoms with van der Waals surface area (Å²) in [5.41, 5.74) is 0. The Morgan fingerprint density at radius 2 is 1.58 bits per heavy atom. The molecule has 1 aromatic carbocycles. The van der Waals surface area contributed by atoms with E-state index in [-0.39, 0.29) is 30.7 Å². The summed E-state index contributed by atoms with van der Waals surface area (Å²) in [7, 11) is -4.08. The summed E-state index contributed by atoms with van der Waals surface area (Å²) in [4.78, 5) is -0.151. The summed E-state index contributed by atoms with van der Waals surface area (Å²) in [5.74, 6) is 0. The van der Waals surface area contributed by atoms with Crippen molar-refractivity contribution in [2.45, 2.75) is 4.90 Å². The summed E-state index contributed by atoms with van der Waals surface area (Å²) >= 11 is 5.49. The summed E-state index contributed by atoms with van der Waals surface area (Å²) in [6.07, 6.45) is 0. The Morgan fingerprint density at radius 3 is 1.92 bits per heavy atom. The molecule has 66 valence electrons. The zero-order valence-corrected chi connectivity index (χ0v) is 6.93. The number of rotatable bonds is 1. The molecule has 1 aromatic rings. The zero-order chi connectivity index (χ0) is 8.48. The molecule has 12 heavy (non-hydrogen) atoms. The van der Waals surface area contributed by atoms with Gasteiger partial charge in [-0.05, 0) is 24.3 Å². The second-order valence-electron chi connectivity index (χ2n) is 1.93. The van der Waals surface area contributed by atoms with E-state index < -0.39 is 10.1 Å². The van der Waals surface area contributed by atoms with Crippen LogP contribution in [0.5, 0.6) is 0 Å². The molecule has 0 fully saturated rings. The summed E-state index contributed by atoms with van der Waals surface area (Å²) < 4.78 is 29.4. The minimum absolute atomic E-state index is 0. The molecular formula is C6H8ClInO3S. The molecule has 0 heterocycles. The molecule has 0 aliphatic carbocycles. The van der Waals surface area contributed by atoms with Crippen LogP contribution in [-0.4, -0.2) is 38.8 Å². The van der Waals surface area contributed by atoms with Gasteiger partial charge in [0, 0.05) is 5.02 Å². The van der Waals surface area contributed by atoms with Gasteiger partial charge in [-0.2, -0.15) is 8.42 Å². The van der Waals surface area contributed by atoms with Gasteiger partial charge in [0.2, 0.25) is 0 Å². The maximum absolute atomic E-state index is 10.5. The van der Waals surface area contributed by atoms with Crippen LogP contribution in [0.15, 0.2) is 29.2 Å². The van der Waals surface area contributed by atoms with Gasteiger partial charge in [0.15, 0.2) is 0 Å². The van der Waals surface area contributed by atoms with Crippen molar-refractivity contribution in [3.8, 4) is 0 Å². The first-order valence-electron chi connectivity index (χ1n) is 2.73. The van der Waals surface area contributed by atoms with Gasteiger partial charge in [0.1, 0.15) is 0 Å². The van der Waals surface area contributed by atoms with Crippen LogP contribution in [0, 0.1) is 0 Å². The quantitative estimate of drug-likeness (QED) is 0.764. The minimum atomic E-state index is -4.08. The van der Waals surface area contributed by atoms with Crippen molar-refractivity contribution in [1.29, 1.82) is 0 Å². The van der Waals surface area contributed by atoms with E-state index in [2.05, 4.69) is 0 Å². The van der Waals surface area contributed by atoms with Gasteiger partial charge >= 0.3 is 25.8 Å². The normalized spacial score (nSPS) is 10.5. The van der Waals surface area contributed by atoms with E-state index >= 15 is 0 Å². The molecule has 0 aliphatic rings. The van der Waals surface area contributed by atoms with Gasteiger partial charge in [-0.1, -0.05) is 11.6 Å². The van der Waals surface area contributed by atoms with E-state index in [1.165, 1.54) is 24.3 Å². The van der Waals surface area contributed by atoms with Crippen LogP contribution in [0.2, 0.25) is 5.02 Å². The van der Waals surface area contributed by atoms with Crippen LogP contribution in [0.1, 0.15) is 0 Å². The van der Waals surface area contributed by atoms with E-state index in [0.29, 0.717) is 5.02 Å². The summed E-state index contributed by atoms with van der Waals surface area (Å²) in [5, 5.41) is 0.428. The van der Waals surface area contributed by atoms with Gasteiger partial charge in [0.25, 0.3) is 10.1 Å². The third kappa shape index (κ3) is 3.35. The predicted molar refractivity (Wildman–Crippen MR) is 51.2 cm³/mol. The van der Waals surface area contributed by atoms with Gasteiger partial charge < -0.3 is 0 Å². The van der Waals surface area contributed by atoms with E-state index in [4.69, 9.17) is 16.2 Å². The van der Waals surface area contributed by atoms with Crippen LogP contribution in [0.25, 0.3) is 0 Å². The Kier molecular flexibility index (Phi) is 4.61. The van der Waals surface area contributed by atoms with E-state index in [1.54, 1.807) is 0 Å². The fourth-order valence-corrected chi connectivity index (χ4v) is 1.21. The van der Waals surface area contributed by atoms with Crippen LogP contribution >= 0.6 is 11.6 Å². The number of halogens is 1. The van der Waals surface area contributed by atoms with Crippen molar-refractivity contribution in [1.82, 2.24) is 0 Å². The van der Waals surface area contributed by atoms with Crippen LogP contribution < -0.4 is 0 Å². The number of hydrogen-bond donors (Lipinski definition) is 1. The molecular weight excluding hydrogens is 302 g/mol.